The topological polar surface area (TPSA) is 41.1 Å². The van der Waals surface area contributed by atoms with E-state index in [0.29, 0.717) is 6.04 Å². The van der Waals surface area contributed by atoms with Gasteiger partial charge in [0.25, 0.3) is 0 Å². The summed E-state index contributed by atoms with van der Waals surface area (Å²) in [5.74, 6) is 2.47. The van der Waals surface area contributed by atoms with Crippen molar-refractivity contribution in [3.05, 3.63) is 35.4 Å². The molecule has 2 aliphatic heterocycles. The standard InChI is InChI=1S/C15H20N2OS/c18-15(17-13-6-3-7-19-10-13)14-8-11-4-1-2-5-12(11)9-16-14/h1-2,4-5,13-14,16H,3,6-10H2,(H,17,18). The van der Waals surface area contributed by atoms with Crippen LogP contribution in [0.2, 0.25) is 0 Å². The fourth-order valence-electron chi connectivity index (χ4n) is 2.80. The summed E-state index contributed by atoms with van der Waals surface area (Å²) in [5.41, 5.74) is 2.62. The van der Waals surface area contributed by atoms with E-state index in [1.807, 2.05) is 11.8 Å². The Kier molecular flexibility index (Phi) is 4.09. The van der Waals surface area contributed by atoms with Crippen LogP contribution in [0.3, 0.4) is 0 Å². The van der Waals surface area contributed by atoms with Crippen molar-refractivity contribution in [1.82, 2.24) is 10.6 Å². The lowest BCUT2D eigenvalue weighted by Gasteiger charge is -2.28. The van der Waals surface area contributed by atoms with Gasteiger partial charge < -0.3 is 10.6 Å². The monoisotopic (exact) mass is 276 g/mol. The largest absolute Gasteiger partial charge is 0.351 e. The summed E-state index contributed by atoms with van der Waals surface area (Å²) in [6.45, 7) is 0.799. The molecule has 0 radical (unpaired) electrons. The molecular weight excluding hydrogens is 256 g/mol. The van der Waals surface area contributed by atoms with E-state index in [4.69, 9.17) is 0 Å². The predicted octanol–water partition coefficient (Wildman–Crippen LogP) is 1.71. The number of hydrogen-bond acceptors (Lipinski definition) is 3. The van der Waals surface area contributed by atoms with Gasteiger partial charge in [-0.05, 0) is 36.1 Å². The molecule has 1 saturated heterocycles. The molecule has 2 atom stereocenters. The van der Waals surface area contributed by atoms with E-state index in [1.165, 1.54) is 23.3 Å². The number of rotatable bonds is 2. The molecule has 0 saturated carbocycles. The van der Waals surface area contributed by atoms with Crippen LogP contribution >= 0.6 is 11.8 Å². The molecule has 1 aromatic rings. The highest BCUT2D eigenvalue weighted by Gasteiger charge is 2.26. The molecule has 2 N–H and O–H groups in total. The Morgan fingerprint density at radius 2 is 2.16 bits per heavy atom. The second-order valence-corrected chi connectivity index (χ2v) is 6.48. The van der Waals surface area contributed by atoms with Gasteiger partial charge >= 0.3 is 0 Å². The Hall–Kier alpha value is -1.00. The molecule has 19 heavy (non-hydrogen) atoms. The molecule has 2 unspecified atom stereocenters. The van der Waals surface area contributed by atoms with Crippen LogP contribution in [0.4, 0.5) is 0 Å². The maximum atomic E-state index is 12.3. The van der Waals surface area contributed by atoms with Crippen LogP contribution < -0.4 is 10.6 Å². The molecule has 4 heteroatoms. The quantitative estimate of drug-likeness (QED) is 0.864. The maximum Gasteiger partial charge on any atom is 0.237 e. The van der Waals surface area contributed by atoms with Crippen molar-refractivity contribution in [2.45, 2.75) is 37.9 Å². The lowest BCUT2D eigenvalue weighted by Crippen LogP contribution is -2.51. The third-order valence-electron chi connectivity index (χ3n) is 3.90. The van der Waals surface area contributed by atoms with Crippen molar-refractivity contribution in [2.24, 2.45) is 0 Å². The molecule has 1 fully saturated rings. The molecule has 1 amide bonds. The minimum absolute atomic E-state index is 0.0678. The summed E-state index contributed by atoms with van der Waals surface area (Å²) in [6.07, 6.45) is 3.15. The first kappa shape index (κ1) is 13.0. The number of amides is 1. The highest BCUT2D eigenvalue weighted by Crippen LogP contribution is 2.19. The first-order valence-electron chi connectivity index (χ1n) is 7.01. The molecule has 0 aliphatic carbocycles. The van der Waals surface area contributed by atoms with Gasteiger partial charge in [0, 0.05) is 18.3 Å². The van der Waals surface area contributed by atoms with Crippen LogP contribution in [-0.4, -0.2) is 29.5 Å². The Morgan fingerprint density at radius 3 is 2.95 bits per heavy atom. The Morgan fingerprint density at radius 1 is 1.32 bits per heavy atom. The number of benzene rings is 1. The lowest BCUT2D eigenvalue weighted by atomic mass is 9.95. The second kappa shape index (κ2) is 5.97. The minimum atomic E-state index is -0.0678. The number of carbonyl (C=O) groups is 1. The number of thioether (sulfide) groups is 1. The molecule has 0 spiro atoms. The Labute approximate surface area is 118 Å². The van der Waals surface area contributed by atoms with Crippen LogP contribution in [0.5, 0.6) is 0 Å². The second-order valence-electron chi connectivity index (χ2n) is 5.33. The summed E-state index contributed by atoms with van der Waals surface area (Å²) in [4.78, 5) is 12.3. The van der Waals surface area contributed by atoms with Gasteiger partial charge in [0.2, 0.25) is 5.91 Å². The zero-order chi connectivity index (χ0) is 13.1. The minimum Gasteiger partial charge on any atom is -0.351 e. The molecule has 1 aromatic carbocycles. The molecule has 0 aromatic heterocycles. The number of nitrogens with one attached hydrogen (secondary N) is 2. The molecule has 2 heterocycles. The van der Waals surface area contributed by atoms with E-state index >= 15 is 0 Å². The zero-order valence-corrected chi connectivity index (χ0v) is 11.8. The molecule has 102 valence electrons. The zero-order valence-electron chi connectivity index (χ0n) is 11.0. The van der Waals surface area contributed by atoms with Crippen molar-refractivity contribution < 1.29 is 4.79 Å². The molecular formula is C15H20N2OS. The van der Waals surface area contributed by atoms with Crippen molar-refractivity contribution in [2.75, 3.05) is 11.5 Å². The van der Waals surface area contributed by atoms with Crippen molar-refractivity contribution in [1.29, 1.82) is 0 Å². The van der Waals surface area contributed by atoms with Crippen LogP contribution in [-0.2, 0) is 17.8 Å². The lowest BCUT2D eigenvalue weighted by molar-refractivity contribution is -0.123. The highest BCUT2D eigenvalue weighted by molar-refractivity contribution is 7.99. The van der Waals surface area contributed by atoms with Gasteiger partial charge in [-0.15, -0.1) is 0 Å². The number of fused-ring (bicyclic) bond motifs is 1. The van der Waals surface area contributed by atoms with Crippen LogP contribution in [0.15, 0.2) is 24.3 Å². The Balaban J connectivity index is 1.59. The average Bonchev–Trinajstić information content (AvgIpc) is 2.48. The van der Waals surface area contributed by atoms with Gasteiger partial charge in [-0.2, -0.15) is 11.8 Å². The number of hydrogen-bond donors (Lipinski definition) is 2. The van der Waals surface area contributed by atoms with Crippen molar-refractivity contribution in [3.63, 3.8) is 0 Å². The van der Waals surface area contributed by atoms with E-state index in [1.54, 1.807) is 0 Å². The fraction of sp³-hybridized carbons (Fsp3) is 0.533. The molecule has 0 bridgehead atoms. The molecule has 3 nitrogen and oxygen atoms in total. The van der Waals surface area contributed by atoms with E-state index in [-0.39, 0.29) is 11.9 Å². The third kappa shape index (κ3) is 3.12. The Bertz CT molecular complexity index is 457. The highest BCUT2D eigenvalue weighted by atomic mass is 32.2. The first-order chi connectivity index (χ1) is 9.33. The summed E-state index contributed by atoms with van der Waals surface area (Å²) < 4.78 is 0. The van der Waals surface area contributed by atoms with E-state index in [0.717, 1.165) is 25.1 Å². The number of carbonyl (C=O) groups excluding carboxylic acids is 1. The summed E-state index contributed by atoms with van der Waals surface area (Å²) in [5, 5.41) is 6.54. The predicted molar refractivity (Wildman–Crippen MR) is 79.3 cm³/mol. The van der Waals surface area contributed by atoms with E-state index < -0.39 is 0 Å². The summed E-state index contributed by atoms with van der Waals surface area (Å²) in [7, 11) is 0. The fourth-order valence-corrected chi connectivity index (χ4v) is 3.87. The van der Waals surface area contributed by atoms with Gasteiger partial charge in [-0.25, -0.2) is 0 Å². The smallest absolute Gasteiger partial charge is 0.237 e. The molecule has 3 rings (SSSR count). The SMILES string of the molecule is O=C(NC1CCCSC1)C1Cc2ccccc2CN1. The average molecular weight is 276 g/mol. The molecule has 2 aliphatic rings. The van der Waals surface area contributed by atoms with Crippen LogP contribution in [0.1, 0.15) is 24.0 Å². The summed E-state index contributed by atoms with van der Waals surface area (Å²) in [6, 6.07) is 8.67. The third-order valence-corrected chi connectivity index (χ3v) is 5.12. The van der Waals surface area contributed by atoms with Crippen molar-refractivity contribution in [3.8, 4) is 0 Å². The maximum absolute atomic E-state index is 12.3. The van der Waals surface area contributed by atoms with Gasteiger partial charge in [-0.3, -0.25) is 4.79 Å². The van der Waals surface area contributed by atoms with Crippen molar-refractivity contribution >= 4 is 17.7 Å². The summed E-state index contributed by atoms with van der Waals surface area (Å²) >= 11 is 1.95. The van der Waals surface area contributed by atoms with Crippen LogP contribution in [0, 0.1) is 0 Å². The van der Waals surface area contributed by atoms with Gasteiger partial charge in [0.15, 0.2) is 0 Å². The van der Waals surface area contributed by atoms with Crippen LogP contribution in [0.25, 0.3) is 0 Å². The van der Waals surface area contributed by atoms with Gasteiger partial charge in [0.05, 0.1) is 6.04 Å². The van der Waals surface area contributed by atoms with E-state index in [2.05, 4.69) is 34.9 Å². The first-order valence-corrected chi connectivity index (χ1v) is 8.16. The van der Waals surface area contributed by atoms with Gasteiger partial charge in [-0.1, -0.05) is 24.3 Å². The van der Waals surface area contributed by atoms with Gasteiger partial charge in [0.1, 0.15) is 0 Å². The van der Waals surface area contributed by atoms with E-state index in [9.17, 15) is 4.79 Å². The normalized spacial score (nSPS) is 26.5.